The molecule has 0 aliphatic rings. The van der Waals surface area contributed by atoms with Crippen LogP contribution in [0.3, 0.4) is 0 Å². The highest BCUT2D eigenvalue weighted by Crippen LogP contribution is 2.18. The number of hydrogen-bond acceptors (Lipinski definition) is 2. The van der Waals surface area contributed by atoms with E-state index in [1.54, 1.807) is 0 Å². The van der Waals surface area contributed by atoms with Crippen LogP contribution in [-0.2, 0) is 4.79 Å². The van der Waals surface area contributed by atoms with Gasteiger partial charge >= 0.3 is 0 Å². The fourth-order valence-electron chi connectivity index (χ4n) is 1.48. The van der Waals surface area contributed by atoms with E-state index >= 15 is 0 Å². The number of nitrogens with one attached hydrogen (secondary N) is 1. The van der Waals surface area contributed by atoms with E-state index < -0.39 is 0 Å². The summed E-state index contributed by atoms with van der Waals surface area (Å²) in [5.41, 5.74) is 6.34. The van der Waals surface area contributed by atoms with E-state index in [-0.39, 0.29) is 18.5 Å². The second-order valence-corrected chi connectivity index (χ2v) is 3.84. The molecule has 1 aromatic rings. The zero-order chi connectivity index (χ0) is 11.3. The monoisotopic (exact) mass is 206 g/mol. The van der Waals surface area contributed by atoms with Gasteiger partial charge in [0.2, 0.25) is 5.91 Å². The maximum Gasteiger partial charge on any atom is 0.231 e. The average Bonchev–Trinajstić information content (AvgIpc) is 2.26. The molecule has 0 saturated carbocycles. The molecule has 0 heterocycles. The van der Waals surface area contributed by atoms with Gasteiger partial charge in [0.1, 0.15) is 0 Å². The second kappa shape index (κ2) is 5.51. The minimum atomic E-state index is -0.317. The minimum Gasteiger partial charge on any atom is -0.369 e. The van der Waals surface area contributed by atoms with E-state index in [1.165, 1.54) is 5.56 Å². The summed E-state index contributed by atoms with van der Waals surface area (Å²) >= 11 is 0. The predicted molar refractivity (Wildman–Crippen MR) is 61.5 cm³/mol. The van der Waals surface area contributed by atoms with Crippen molar-refractivity contribution >= 4 is 5.91 Å². The zero-order valence-corrected chi connectivity index (χ0v) is 9.23. The molecule has 82 valence electrons. The molecule has 3 nitrogen and oxygen atoms in total. The van der Waals surface area contributed by atoms with Gasteiger partial charge in [0, 0.05) is 6.04 Å². The predicted octanol–water partition coefficient (Wildman–Crippen LogP) is 1.25. The molecule has 0 fully saturated rings. The minimum absolute atomic E-state index is 0.234. The molecule has 3 heteroatoms. The van der Waals surface area contributed by atoms with Gasteiger partial charge in [-0.05, 0) is 18.4 Å². The summed E-state index contributed by atoms with van der Waals surface area (Å²) in [6, 6.07) is 10.5. The van der Waals surface area contributed by atoms with Crippen LogP contribution < -0.4 is 11.1 Å². The number of primary amides is 1. The fraction of sp³-hybridized carbons (Fsp3) is 0.417. The quantitative estimate of drug-likeness (QED) is 0.762. The zero-order valence-electron chi connectivity index (χ0n) is 9.23. The first kappa shape index (κ1) is 11.7. The molecule has 0 bridgehead atoms. The Bertz CT molecular complexity index is 311. The first-order chi connectivity index (χ1) is 7.11. The van der Waals surface area contributed by atoms with E-state index in [2.05, 4.69) is 31.3 Å². The smallest absolute Gasteiger partial charge is 0.231 e. The number of nitrogens with two attached hydrogens (primary N) is 1. The van der Waals surface area contributed by atoms with Crippen molar-refractivity contribution in [2.75, 3.05) is 6.54 Å². The topological polar surface area (TPSA) is 55.1 Å². The van der Waals surface area contributed by atoms with Gasteiger partial charge in [-0.2, -0.15) is 0 Å². The highest BCUT2D eigenvalue weighted by Gasteiger charge is 2.13. The first-order valence-corrected chi connectivity index (χ1v) is 5.18. The van der Waals surface area contributed by atoms with Crippen LogP contribution in [0.2, 0.25) is 0 Å². The van der Waals surface area contributed by atoms with Gasteiger partial charge < -0.3 is 11.1 Å². The molecule has 0 radical (unpaired) electrons. The largest absolute Gasteiger partial charge is 0.369 e. The summed E-state index contributed by atoms with van der Waals surface area (Å²) in [4.78, 5) is 10.6. The summed E-state index contributed by atoms with van der Waals surface area (Å²) in [6.07, 6.45) is 0. The fourth-order valence-corrected chi connectivity index (χ4v) is 1.48. The summed E-state index contributed by atoms with van der Waals surface area (Å²) in [6.45, 7) is 4.42. The van der Waals surface area contributed by atoms with Crippen molar-refractivity contribution in [3.8, 4) is 0 Å². The summed E-state index contributed by atoms with van der Waals surface area (Å²) in [5, 5.41) is 3.11. The van der Waals surface area contributed by atoms with Crippen molar-refractivity contribution in [1.29, 1.82) is 0 Å². The number of amides is 1. The summed E-state index contributed by atoms with van der Waals surface area (Å²) in [5.74, 6) is 0.0488. The average molecular weight is 206 g/mol. The Hall–Kier alpha value is -1.35. The Labute approximate surface area is 90.7 Å². The molecule has 2 atom stereocenters. The lowest BCUT2D eigenvalue weighted by Gasteiger charge is -2.21. The SMILES string of the molecule is C[C@H](NCC(N)=O)[C@@H](C)c1ccccc1. The van der Waals surface area contributed by atoms with Crippen LogP contribution >= 0.6 is 0 Å². The number of rotatable bonds is 5. The second-order valence-electron chi connectivity index (χ2n) is 3.84. The Kier molecular flexibility index (Phi) is 4.31. The molecule has 0 spiro atoms. The van der Waals surface area contributed by atoms with Crippen LogP contribution in [0.15, 0.2) is 30.3 Å². The van der Waals surface area contributed by atoms with Gasteiger partial charge in [-0.15, -0.1) is 0 Å². The molecule has 1 aromatic carbocycles. The molecule has 3 N–H and O–H groups in total. The van der Waals surface area contributed by atoms with E-state index in [0.29, 0.717) is 5.92 Å². The normalized spacial score (nSPS) is 14.5. The number of carbonyl (C=O) groups is 1. The van der Waals surface area contributed by atoms with E-state index in [4.69, 9.17) is 5.73 Å². The summed E-state index contributed by atoms with van der Waals surface area (Å²) in [7, 11) is 0. The van der Waals surface area contributed by atoms with Crippen molar-refractivity contribution in [2.24, 2.45) is 5.73 Å². The van der Waals surface area contributed by atoms with E-state index in [0.717, 1.165) is 0 Å². The third-order valence-corrected chi connectivity index (χ3v) is 2.67. The highest BCUT2D eigenvalue weighted by atomic mass is 16.1. The van der Waals surface area contributed by atoms with Gasteiger partial charge in [0.15, 0.2) is 0 Å². The van der Waals surface area contributed by atoms with Gasteiger partial charge in [-0.1, -0.05) is 37.3 Å². The van der Waals surface area contributed by atoms with Crippen LogP contribution in [0, 0.1) is 0 Å². The maximum absolute atomic E-state index is 10.6. The molecule has 0 aromatic heterocycles. The number of hydrogen-bond donors (Lipinski definition) is 2. The van der Waals surface area contributed by atoms with E-state index in [9.17, 15) is 4.79 Å². The van der Waals surface area contributed by atoms with Crippen LogP contribution in [0.5, 0.6) is 0 Å². The summed E-state index contributed by atoms with van der Waals surface area (Å²) < 4.78 is 0. The molecule has 0 unspecified atom stereocenters. The lowest BCUT2D eigenvalue weighted by Crippen LogP contribution is -2.37. The Morgan fingerprint density at radius 2 is 1.93 bits per heavy atom. The van der Waals surface area contributed by atoms with Crippen LogP contribution in [0.4, 0.5) is 0 Å². The lowest BCUT2D eigenvalue weighted by molar-refractivity contribution is -0.117. The number of benzene rings is 1. The van der Waals surface area contributed by atoms with Gasteiger partial charge in [0.05, 0.1) is 6.54 Å². The third-order valence-electron chi connectivity index (χ3n) is 2.67. The third kappa shape index (κ3) is 3.72. The molecule has 1 rings (SSSR count). The molecule has 0 aliphatic carbocycles. The molecule has 1 amide bonds. The van der Waals surface area contributed by atoms with Gasteiger partial charge in [-0.25, -0.2) is 0 Å². The lowest BCUT2D eigenvalue weighted by atomic mass is 9.94. The maximum atomic E-state index is 10.6. The van der Waals surface area contributed by atoms with Crippen molar-refractivity contribution in [2.45, 2.75) is 25.8 Å². The Morgan fingerprint density at radius 1 is 1.33 bits per heavy atom. The van der Waals surface area contributed by atoms with Crippen LogP contribution in [0.1, 0.15) is 25.3 Å². The van der Waals surface area contributed by atoms with Gasteiger partial charge in [0.25, 0.3) is 0 Å². The van der Waals surface area contributed by atoms with Gasteiger partial charge in [-0.3, -0.25) is 4.79 Å². The number of carbonyl (C=O) groups excluding carboxylic acids is 1. The molecular weight excluding hydrogens is 188 g/mol. The highest BCUT2D eigenvalue weighted by molar-refractivity contribution is 5.75. The standard InChI is InChI=1S/C12H18N2O/c1-9(10(2)14-8-12(13)15)11-6-4-3-5-7-11/h3-7,9-10,14H,8H2,1-2H3,(H2,13,15)/t9-,10+/m1/s1. The van der Waals surface area contributed by atoms with Crippen molar-refractivity contribution in [1.82, 2.24) is 5.32 Å². The molecule has 0 aliphatic heterocycles. The van der Waals surface area contributed by atoms with Crippen molar-refractivity contribution in [3.05, 3.63) is 35.9 Å². The Balaban J connectivity index is 2.53. The molecule has 15 heavy (non-hydrogen) atoms. The first-order valence-electron chi connectivity index (χ1n) is 5.18. The molecular formula is C12H18N2O. The van der Waals surface area contributed by atoms with Crippen LogP contribution in [0.25, 0.3) is 0 Å². The van der Waals surface area contributed by atoms with E-state index in [1.807, 2.05) is 18.2 Å². The molecule has 0 saturated heterocycles. The van der Waals surface area contributed by atoms with Crippen molar-refractivity contribution in [3.63, 3.8) is 0 Å². The van der Waals surface area contributed by atoms with Crippen LogP contribution in [-0.4, -0.2) is 18.5 Å². The van der Waals surface area contributed by atoms with Crippen molar-refractivity contribution < 1.29 is 4.79 Å². The Morgan fingerprint density at radius 3 is 2.47 bits per heavy atom.